The molecule has 50 heavy (non-hydrogen) atoms. The van der Waals surface area contributed by atoms with Crippen molar-refractivity contribution >= 4 is 29.8 Å². The van der Waals surface area contributed by atoms with Crippen LogP contribution in [0, 0.1) is 17.3 Å². The summed E-state index contributed by atoms with van der Waals surface area (Å²) < 4.78 is 36.7. The molecular formula is C36H43NO13. The number of aliphatic hydroxyl groups is 2. The maximum absolute atomic E-state index is 14.0. The van der Waals surface area contributed by atoms with Gasteiger partial charge in [0, 0.05) is 32.7 Å². The molecule has 0 radical (unpaired) electrons. The SMILES string of the molecule is CC(=O)OC1CC(C)(O)C23OC(C)(C)C(C(OC(=O)C(C)C)C(OC(=O)c4ccccc4)C2(COC(=O)c2cccnc2)C1OC(C)=O)C3O. The summed E-state index contributed by atoms with van der Waals surface area (Å²) in [6.07, 6.45) is -5.95. The fourth-order valence-electron chi connectivity index (χ4n) is 8.13. The molecule has 3 fully saturated rings. The van der Waals surface area contributed by atoms with E-state index in [0.29, 0.717) is 0 Å². The van der Waals surface area contributed by atoms with Crippen molar-refractivity contribution in [2.75, 3.05) is 6.61 Å². The third-order valence-corrected chi connectivity index (χ3v) is 10.00. The third kappa shape index (κ3) is 6.02. The monoisotopic (exact) mass is 697 g/mol. The largest absolute Gasteiger partial charge is 0.461 e. The van der Waals surface area contributed by atoms with Gasteiger partial charge in [0.2, 0.25) is 0 Å². The van der Waals surface area contributed by atoms with Crippen LogP contribution in [0.3, 0.4) is 0 Å². The van der Waals surface area contributed by atoms with E-state index < -0.39 is 107 Å². The Morgan fingerprint density at radius 3 is 2.10 bits per heavy atom. The average Bonchev–Trinajstić information content (AvgIpc) is 3.23. The van der Waals surface area contributed by atoms with Gasteiger partial charge >= 0.3 is 29.8 Å². The third-order valence-electron chi connectivity index (χ3n) is 10.00. The molecule has 0 amide bonds. The summed E-state index contributed by atoms with van der Waals surface area (Å²) in [5.74, 6) is -6.13. The molecule has 1 aliphatic heterocycles. The van der Waals surface area contributed by atoms with Crippen LogP contribution in [0.4, 0.5) is 0 Å². The quantitative estimate of drug-likeness (QED) is 0.287. The highest BCUT2D eigenvalue weighted by atomic mass is 16.6. The fraction of sp³-hybridized carbons (Fsp3) is 0.556. The first-order valence-corrected chi connectivity index (χ1v) is 16.4. The molecule has 3 aliphatic rings. The summed E-state index contributed by atoms with van der Waals surface area (Å²) in [6, 6.07) is 10.8. The Morgan fingerprint density at radius 1 is 0.880 bits per heavy atom. The molecule has 2 aromatic rings. The van der Waals surface area contributed by atoms with E-state index in [-0.39, 0.29) is 11.1 Å². The van der Waals surface area contributed by atoms with Crippen LogP contribution in [0.15, 0.2) is 54.9 Å². The van der Waals surface area contributed by atoms with E-state index in [1.807, 2.05) is 0 Å². The van der Waals surface area contributed by atoms with Crippen LogP contribution in [-0.4, -0.2) is 99.0 Å². The number of esters is 5. The van der Waals surface area contributed by atoms with Gasteiger partial charge in [-0.3, -0.25) is 19.4 Å². The van der Waals surface area contributed by atoms with Crippen molar-refractivity contribution in [3.8, 4) is 0 Å². The number of carbonyl (C=O) groups excluding carboxylic acids is 5. The highest BCUT2D eigenvalue weighted by molar-refractivity contribution is 5.90. The molecular weight excluding hydrogens is 654 g/mol. The molecule has 270 valence electrons. The Hall–Kier alpha value is -4.40. The standard InChI is InChI=1S/C36H43NO13/c1-19(2)30(41)48-26-25-27(40)36(50-33(25,5)6)34(7,44)16-24(46-20(3)38)28(47-21(4)39)35(36,18-45-31(42)23-14-11-15-37-17-23)29(26)49-32(43)22-12-9-8-10-13-22/h8-15,17,19,24-29,40,44H,16,18H2,1-7H3. The number of rotatable bonds is 9. The topological polar surface area (TPSA) is 194 Å². The molecule has 2 bridgehead atoms. The van der Waals surface area contributed by atoms with Gasteiger partial charge in [0.15, 0.2) is 12.2 Å². The van der Waals surface area contributed by atoms with Crippen molar-refractivity contribution in [3.05, 3.63) is 66.0 Å². The van der Waals surface area contributed by atoms with Crippen LogP contribution >= 0.6 is 0 Å². The number of fused-ring (bicyclic) bond motifs is 1. The van der Waals surface area contributed by atoms with Crippen LogP contribution in [0.1, 0.15) is 75.6 Å². The van der Waals surface area contributed by atoms with Crippen LogP contribution in [-0.2, 0) is 42.8 Å². The summed E-state index contributed by atoms with van der Waals surface area (Å²) in [5, 5.41) is 25.1. The lowest BCUT2D eigenvalue weighted by atomic mass is 9.45. The summed E-state index contributed by atoms with van der Waals surface area (Å²) in [5.41, 5.74) is -8.08. The van der Waals surface area contributed by atoms with E-state index in [1.165, 1.54) is 43.6 Å². The van der Waals surface area contributed by atoms with Gasteiger partial charge in [0.1, 0.15) is 29.8 Å². The first-order chi connectivity index (χ1) is 23.4. The van der Waals surface area contributed by atoms with Gasteiger partial charge in [-0.25, -0.2) is 9.59 Å². The van der Waals surface area contributed by atoms with E-state index in [4.69, 9.17) is 28.4 Å². The Labute approximate surface area is 289 Å². The van der Waals surface area contributed by atoms with Gasteiger partial charge in [0.25, 0.3) is 0 Å². The molecule has 2 saturated carbocycles. The average molecular weight is 698 g/mol. The first-order valence-electron chi connectivity index (χ1n) is 16.4. The van der Waals surface area contributed by atoms with Crippen molar-refractivity contribution in [3.63, 3.8) is 0 Å². The number of hydrogen-bond acceptors (Lipinski definition) is 14. The van der Waals surface area contributed by atoms with Crippen LogP contribution in [0.5, 0.6) is 0 Å². The van der Waals surface area contributed by atoms with Crippen molar-refractivity contribution in [1.29, 1.82) is 0 Å². The molecule has 14 nitrogen and oxygen atoms in total. The van der Waals surface area contributed by atoms with E-state index in [9.17, 15) is 34.2 Å². The van der Waals surface area contributed by atoms with Crippen molar-refractivity contribution in [1.82, 2.24) is 4.98 Å². The molecule has 1 saturated heterocycles. The van der Waals surface area contributed by atoms with E-state index in [0.717, 1.165) is 13.8 Å². The molecule has 9 unspecified atom stereocenters. The van der Waals surface area contributed by atoms with Crippen molar-refractivity contribution < 1.29 is 62.6 Å². The minimum absolute atomic E-state index is 0.0172. The highest BCUT2D eigenvalue weighted by Crippen LogP contribution is 2.69. The second-order valence-corrected chi connectivity index (χ2v) is 14.2. The number of benzene rings is 1. The molecule has 14 heteroatoms. The summed E-state index contributed by atoms with van der Waals surface area (Å²) >= 11 is 0. The Kier molecular flexibility index (Phi) is 9.87. The predicted molar refractivity (Wildman–Crippen MR) is 171 cm³/mol. The Morgan fingerprint density at radius 2 is 1.52 bits per heavy atom. The molecule has 5 rings (SSSR count). The van der Waals surface area contributed by atoms with E-state index >= 15 is 0 Å². The molecule has 9 atom stereocenters. The molecule has 2 heterocycles. The zero-order valence-electron chi connectivity index (χ0n) is 29.0. The lowest BCUT2D eigenvalue weighted by Crippen LogP contribution is -2.85. The number of aliphatic hydroxyl groups excluding tert-OH is 1. The number of carbonyl (C=O) groups is 5. The van der Waals surface area contributed by atoms with Crippen LogP contribution in [0.25, 0.3) is 0 Å². The number of hydrogen-bond donors (Lipinski definition) is 2. The first kappa shape index (κ1) is 36.9. The Balaban J connectivity index is 1.85. The molecule has 2 N–H and O–H groups in total. The number of ether oxygens (including phenoxy) is 6. The van der Waals surface area contributed by atoms with Gasteiger partial charge in [0.05, 0.1) is 40.3 Å². The Bertz CT molecular complexity index is 1630. The highest BCUT2D eigenvalue weighted by Gasteiger charge is 2.88. The molecule has 1 aromatic carbocycles. The van der Waals surface area contributed by atoms with Crippen molar-refractivity contribution in [2.24, 2.45) is 17.3 Å². The lowest BCUT2D eigenvalue weighted by molar-refractivity contribution is -0.362. The molecule has 2 aliphatic carbocycles. The van der Waals surface area contributed by atoms with Crippen LogP contribution < -0.4 is 0 Å². The predicted octanol–water partition coefficient (Wildman–Crippen LogP) is 2.57. The maximum atomic E-state index is 14.0. The maximum Gasteiger partial charge on any atom is 0.339 e. The van der Waals surface area contributed by atoms with Gasteiger partial charge < -0.3 is 38.6 Å². The zero-order valence-corrected chi connectivity index (χ0v) is 29.0. The number of pyridine rings is 1. The van der Waals surface area contributed by atoms with Gasteiger partial charge in [-0.05, 0) is 45.0 Å². The normalized spacial score (nSPS) is 33.8. The van der Waals surface area contributed by atoms with E-state index in [1.54, 1.807) is 45.9 Å². The molecule has 1 aromatic heterocycles. The summed E-state index contributed by atoms with van der Waals surface area (Å²) in [7, 11) is 0. The second kappa shape index (κ2) is 13.4. The van der Waals surface area contributed by atoms with E-state index in [2.05, 4.69) is 4.98 Å². The minimum atomic E-state index is -2.31. The fourth-order valence-corrected chi connectivity index (χ4v) is 8.13. The smallest absolute Gasteiger partial charge is 0.339 e. The lowest BCUT2D eigenvalue weighted by Gasteiger charge is -2.66. The molecule has 1 spiro atoms. The van der Waals surface area contributed by atoms with Gasteiger partial charge in [-0.1, -0.05) is 32.0 Å². The zero-order chi connectivity index (χ0) is 36.8. The van der Waals surface area contributed by atoms with Crippen LogP contribution in [0.2, 0.25) is 0 Å². The minimum Gasteiger partial charge on any atom is -0.461 e. The second-order valence-electron chi connectivity index (χ2n) is 14.2. The summed E-state index contributed by atoms with van der Waals surface area (Å²) in [4.78, 5) is 70.5. The van der Waals surface area contributed by atoms with Crippen molar-refractivity contribution in [2.45, 2.75) is 102 Å². The van der Waals surface area contributed by atoms with Gasteiger partial charge in [-0.15, -0.1) is 0 Å². The van der Waals surface area contributed by atoms with Gasteiger partial charge in [-0.2, -0.15) is 0 Å². The number of nitrogens with zero attached hydrogens (tertiary/aromatic N) is 1. The number of aromatic nitrogens is 1. The summed E-state index contributed by atoms with van der Waals surface area (Å²) in [6.45, 7) is 9.05.